The van der Waals surface area contributed by atoms with Crippen LogP contribution in [0, 0.1) is 0 Å². The molecule has 0 aliphatic heterocycles. The van der Waals surface area contributed by atoms with Crippen molar-refractivity contribution >= 4 is 16.0 Å². The molecule has 10 heteroatoms. The number of rotatable bonds is 7. The van der Waals surface area contributed by atoms with E-state index in [-0.39, 0.29) is 22.8 Å². The number of hydrogen-bond acceptors (Lipinski definition) is 7. The van der Waals surface area contributed by atoms with Gasteiger partial charge in [0.1, 0.15) is 17.0 Å². The predicted octanol–water partition coefficient (Wildman–Crippen LogP) is 1.35. The monoisotopic (exact) mass is 385 g/mol. The second-order valence-electron chi connectivity index (χ2n) is 5.31. The van der Waals surface area contributed by atoms with E-state index in [0.717, 1.165) is 0 Å². The summed E-state index contributed by atoms with van der Waals surface area (Å²) < 4.78 is 31.6. The molecule has 3 aromatic rings. The van der Waals surface area contributed by atoms with Gasteiger partial charge in [-0.05, 0) is 52.9 Å². The minimum Gasteiger partial charge on any atom is -0.379 e. The quantitative estimate of drug-likeness (QED) is 0.482. The van der Waals surface area contributed by atoms with E-state index < -0.39 is 16.0 Å². The molecule has 1 amide bonds. The Morgan fingerprint density at radius 2 is 2.00 bits per heavy atom. The third-order valence-corrected chi connectivity index (χ3v) is 4.69. The van der Waals surface area contributed by atoms with E-state index in [1.54, 1.807) is 12.1 Å². The first-order valence-electron chi connectivity index (χ1n) is 7.77. The van der Waals surface area contributed by atoms with Crippen LogP contribution in [0.15, 0.2) is 72.4 Å². The summed E-state index contributed by atoms with van der Waals surface area (Å²) in [6.45, 7) is 3.79. The zero-order valence-electron chi connectivity index (χ0n) is 14.0. The number of tetrazole rings is 1. The molecule has 0 aliphatic rings. The van der Waals surface area contributed by atoms with Gasteiger partial charge in [-0.3, -0.25) is 4.79 Å². The standard InChI is InChI=1S/C17H15N5O4S/c1-2-10-18-17(23)13-4-3-5-16(11-13)27(24,25)26-15-8-6-14(7-9-15)22-12-19-20-21-22/h2-9,11-12H,1,10H2,(H,18,23). The van der Waals surface area contributed by atoms with Crippen molar-refractivity contribution in [2.24, 2.45) is 0 Å². The maximum Gasteiger partial charge on any atom is 0.339 e. The summed E-state index contributed by atoms with van der Waals surface area (Å²) in [5.74, 6) is -0.286. The third-order valence-electron chi connectivity index (χ3n) is 3.45. The Kier molecular flexibility index (Phi) is 5.27. The van der Waals surface area contributed by atoms with Gasteiger partial charge >= 0.3 is 10.1 Å². The second-order valence-corrected chi connectivity index (χ2v) is 6.86. The van der Waals surface area contributed by atoms with E-state index in [4.69, 9.17) is 4.18 Å². The molecule has 0 aliphatic carbocycles. The van der Waals surface area contributed by atoms with Crippen molar-refractivity contribution in [2.75, 3.05) is 6.54 Å². The van der Waals surface area contributed by atoms with Gasteiger partial charge in [-0.1, -0.05) is 12.1 Å². The first-order chi connectivity index (χ1) is 13.0. The Hall–Kier alpha value is -3.53. The maximum absolute atomic E-state index is 12.5. The molecule has 0 atom stereocenters. The van der Waals surface area contributed by atoms with Crippen LogP contribution in [0.1, 0.15) is 10.4 Å². The molecule has 9 nitrogen and oxygen atoms in total. The lowest BCUT2D eigenvalue weighted by atomic mass is 10.2. The summed E-state index contributed by atoms with van der Waals surface area (Å²) in [5, 5.41) is 13.4. The van der Waals surface area contributed by atoms with Crippen molar-refractivity contribution in [2.45, 2.75) is 4.90 Å². The zero-order valence-corrected chi connectivity index (χ0v) is 14.8. The Morgan fingerprint density at radius 3 is 2.67 bits per heavy atom. The predicted molar refractivity (Wildman–Crippen MR) is 95.9 cm³/mol. The van der Waals surface area contributed by atoms with E-state index in [9.17, 15) is 13.2 Å². The van der Waals surface area contributed by atoms with E-state index in [0.29, 0.717) is 5.69 Å². The van der Waals surface area contributed by atoms with Crippen molar-refractivity contribution in [3.05, 3.63) is 73.1 Å². The summed E-state index contributed by atoms with van der Waals surface area (Å²) in [4.78, 5) is 11.9. The molecule has 0 saturated carbocycles. The summed E-state index contributed by atoms with van der Waals surface area (Å²) in [6, 6.07) is 11.8. The van der Waals surface area contributed by atoms with Crippen LogP contribution < -0.4 is 9.50 Å². The first-order valence-corrected chi connectivity index (χ1v) is 9.17. The molecule has 138 valence electrons. The van der Waals surface area contributed by atoms with Crippen LogP contribution in [0.25, 0.3) is 5.69 Å². The molecule has 0 bridgehead atoms. The van der Waals surface area contributed by atoms with Gasteiger partial charge in [-0.25, -0.2) is 4.68 Å². The Morgan fingerprint density at radius 1 is 1.22 bits per heavy atom. The number of carbonyl (C=O) groups is 1. The fourth-order valence-corrected chi connectivity index (χ4v) is 3.15. The number of nitrogens with one attached hydrogen (secondary N) is 1. The Balaban J connectivity index is 1.78. The molecule has 3 rings (SSSR count). The number of amides is 1. The number of aromatic nitrogens is 4. The molecule has 1 N–H and O–H groups in total. The van der Waals surface area contributed by atoms with Crippen molar-refractivity contribution in [3.8, 4) is 11.4 Å². The van der Waals surface area contributed by atoms with Gasteiger partial charge in [-0.2, -0.15) is 8.42 Å². The van der Waals surface area contributed by atoms with Gasteiger partial charge in [0.2, 0.25) is 0 Å². The van der Waals surface area contributed by atoms with Gasteiger partial charge in [0, 0.05) is 12.1 Å². The third kappa shape index (κ3) is 4.36. The molecule has 1 aromatic heterocycles. The van der Waals surface area contributed by atoms with Crippen LogP contribution in [0.3, 0.4) is 0 Å². The maximum atomic E-state index is 12.5. The normalized spacial score (nSPS) is 11.0. The number of carbonyl (C=O) groups excluding carboxylic acids is 1. The van der Waals surface area contributed by atoms with Crippen molar-refractivity contribution in [1.82, 2.24) is 25.5 Å². The van der Waals surface area contributed by atoms with Crippen LogP contribution in [0.2, 0.25) is 0 Å². The highest BCUT2D eigenvalue weighted by Crippen LogP contribution is 2.21. The second kappa shape index (κ2) is 7.79. The molecule has 0 radical (unpaired) electrons. The average Bonchev–Trinajstić information content (AvgIpc) is 3.21. The van der Waals surface area contributed by atoms with Gasteiger partial charge < -0.3 is 9.50 Å². The Bertz CT molecular complexity index is 1050. The molecule has 2 aromatic carbocycles. The smallest absolute Gasteiger partial charge is 0.339 e. The lowest BCUT2D eigenvalue weighted by Crippen LogP contribution is -2.23. The molecular formula is C17H15N5O4S. The van der Waals surface area contributed by atoms with E-state index in [1.807, 2.05) is 0 Å². The van der Waals surface area contributed by atoms with E-state index in [1.165, 1.54) is 53.5 Å². The van der Waals surface area contributed by atoms with Crippen molar-refractivity contribution in [1.29, 1.82) is 0 Å². The summed E-state index contributed by atoms with van der Waals surface area (Å²) in [5.41, 5.74) is 0.848. The summed E-state index contributed by atoms with van der Waals surface area (Å²) in [6.07, 6.45) is 2.94. The van der Waals surface area contributed by atoms with Gasteiger partial charge in [0.05, 0.1) is 5.69 Å². The van der Waals surface area contributed by atoms with Crippen molar-refractivity contribution in [3.63, 3.8) is 0 Å². The van der Waals surface area contributed by atoms with Gasteiger partial charge in [-0.15, -0.1) is 11.7 Å². The molecule has 0 spiro atoms. The molecule has 1 heterocycles. The van der Waals surface area contributed by atoms with Crippen LogP contribution >= 0.6 is 0 Å². The highest BCUT2D eigenvalue weighted by Gasteiger charge is 2.18. The van der Waals surface area contributed by atoms with E-state index >= 15 is 0 Å². The lowest BCUT2D eigenvalue weighted by Gasteiger charge is -2.09. The van der Waals surface area contributed by atoms with Crippen LogP contribution in [-0.2, 0) is 10.1 Å². The zero-order chi connectivity index (χ0) is 19.3. The number of benzene rings is 2. The molecule has 0 unspecified atom stereocenters. The van der Waals surface area contributed by atoms with Crippen LogP contribution in [-0.4, -0.2) is 41.1 Å². The lowest BCUT2D eigenvalue weighted by molar-refractivity contribution is 0.0958. The van der Waals surface area contributed by atoms with Gasteiger partial charge in [0.25, 0.3) is 5.91 Å². The highest BCUT2D eigenvalue weighted by atomic mass is 32.2. The van der Waals surface area contributed by atoms with E-state index in [2.05, 4.69) is 27.4 Å². The average molecular weight is 385 g/mol. The van der Waals surface area contributed by atoms with Crippen molar-refractivity contribution < 1.29 is 17.4 Å². The minimum absolute atomic E-state index is 0.119. The fraction of sp³-hybridized carbons (Fsp3) is 0.0588. The SMILES string of the molecule is C=CCNC(=O)c1cccc(S(=O)(=O)Oc2ccc(-n3cnnn3)cc2)c1. The largest absolute Gasteiger partial charge is 0.379 e. The summed E-state index contributed by atoms with van der Waals surface area (Å²) in [7, 11) is -4.10. The van der Waals surface area contributed by atoms with Crippen LogP contribution in [0.5, 0.6) is 5.75 Å². The summed E-state index contributed by atoms with van der Waals surface area (Å²) >= 11 is 0. The minimum atomic E-state index is -4.10. The number of nitrogens with zero attached hydrogens (tertiary/aromatic N) is 4. The highest BCUT2D eigenvalue weighted by molar-refractivity contribution is 7.87. The molecular weight excluding hydrogens is 370 g/mol. The topological polar surface area (TPSA) is 116 Å². The molecule has 0 saturated heterocycles. The van der Waals surface area contributed by atoms with Gasteiger partial charge in [0.15, 0.2) is 0 Å². The fourth-order valence-electron chi connectivity index (χ4n) is 2.17. The van der Waals surface area contributed by atoms with Crippen LogP contribution in [0.4, 0.5) is 0 Å². The first kappa shape index (κ1) is 18.3. The molecule has 0 fully saturated rings. The number of hydrogen-bond donors (Lipinski definition) is 1. The Labute approximate surface area is 155 Å². The molecule has 27 heavy (non-hydrogen) atoms.